The van der Waals surface area contributed by atoms with Crippen molar-refractivity contribution in [2.45, 2.75) is 6.92 Å². The van der Waals surface area contributed by atoms with Crippen LogP contribution in [0.1, 0.15) is 6.92 Å². The lowest BCUT2D eigenvalue weighted by molar-refractivity contribution is -0.154. The van der Waals surface area contributed by atoms with Gasteiger partial charge < -0.3 is 20.3 Å². The summed E-state index contributed by atoms with van der Waals surface area (Å²) in [6, 6.07) is -0.259. The molecule has 0 bridgehead atoms. The molecule has 0 heterocycles. The van der Waals surface area contributed by atoms with Crippen LogP contribution in [0.25, 0.3) is 0 Å². The van der Waals surface area contributed by atoms with E-state index in [9.17, 15) is 14.4 Å². The molecule has 0 saturated carbocycles. The molecule has 3 amide bonds. The van der Waals surface area contributed by atoms with E-state index in [1.165, 1.54) is 4.90 Å². The molecule has 0 spiro atoms. The highest BCUT2D eigenvalue weighted by Crippen LogP contribution is 1.78. The minimum atomic E-state index is -0.915. The molecule has 7 heteroatoms. The topological polar surface area (TPSA) is 87.7 Å². The summed E-state index contributed by atoms with van der Waals surface area (Å²) in [5.41, 5.74) is 0. The number of esters is 1. The third-order valence-electron chi connectivity index (χ3n) is 1.55. The second kappa shape index (κ2) is 7.49. The Hall–Kier alpha value is -1.79. The first kappa shape index (κ1) is 14.2. The van der Waals surface area contributed by atoms with Crippen LogP contribution in [0.4, 0.5) is 4.79 Å². The molecule has 7 nitrogen and oxygen atoms in total. The fraction of sp³-hybridized carbons (Fsp3) is 0.667. The molecule has 16 heavy (non-hydrogen) atoms. The van der Waals surface area contributed by atoms with E-state index in [4.69, 9.17) is 0 Å². The number of rotatable bonds is 4. The molecule has 92 valence electrons. The lowest BCUT2D eigenvalue weighted by atomic mass is 10.5. The molecule has 0 unspecified atom stereocenters. The second-order valence-electron chi connectivity index (χ2n) is 3.10. The van der Waals surface area contributed by atoms with Crippen LogP contribution in [0.15, 0.2) is 0 Å². The Morgan fingerprint density at radius 2 is 1.69 bits per heavy atom. The van der Waals surface area contributed by atoms with E-state index in [2.05, 4.69) is 15.4 Å². The molecular weight excluding hydrogens is 214 g/mol. The van der Waals surface area contributed by atoms with Crippen LogP contribution in [-0.4, -0.2) is 56.6 Å². The van der Waals surface area contributed by atoms with E-state index in [1.807, 2.05) is 0 Å². The number of ether oxygens (including phenoxy) is 1. The number of urea groups is 1. The quantitative estimate of drug-likeness (QED) is 0.366. The first-order valence-electron chi connectivity index (χ1n) is 4.89. The van der Waals surface area contributed by atoms with Gasteiger partial charge in [0.15, 0.2) is 0 Å². The number of nitrogens with one attached hydrogen (secondary N) is 2. The number of carbonyl (C=O) groups excluding carboxylic acids is 3. The lowest BCUT2D eigenvalue weighted by Crippen LogP contribution is -2.41. The predicted octanol–water partition coefficient (Wildman–Crippen LogP) is -1.06. The average Bonchev–Trinajstić information content (AvgIpc) is 2.23. The van der Waals surface area contributed by atoms with Crippen LogP contribution in [0.2, 0.25) is 0 Å². The van der Waals surface area contributed by atoms with Crippen molar-refractivity contribution in [3.8, 4) is 0 Å². The van der Waals surface area contributed by atoms with Gasteiger partial charge in [0.05, 0.1) is 6.61 Å². The second-order valence-corrected chi connectivity index (χ2v) is 3.10. The zero-order valence-electron chi connectivity index (χ0n) is 9.70. The van der Waals surface area contributed by atoms with Crippen LogP contribution in [-0.2, 0) is 14.3 Å². The van der Waals surface area contributed by atoms with Gasteiger partial charge in [-0.25, -0.2) is 9.59 Å². The Labute approximate surface area is 94.1 Å². The van der Waals surface area contributed by atoms with Crippen LogP contribution in [0.3, 0.4) is 0 Å². The van der Waals surface area contributed by atoms with Crippen molar-refractivity contribution in [3.05, 3.63) is 0 Å². The summed E-state index contributed by atoms with van der Waals surface area (Å²) in [7, 11) is 3.21. The first-order chi connectivity index (χ1) is 7.49. The van der Waals surface area contributed by atoms with Gasteiger partial charge in [0.25, 0.3) is 0 Å². The molecule has 0 saturated heterocycles. The van der Waals surface area contributed by atoms with E-state index in [-0.39, 0.29) is 25.7 Å². The standard InChI is InChI=1S/C9H17N3O4/c1-4-16-8(14)7(13)10-5-6-11-9(15)12(2)3/h4-6H2,1-3H3,(H,10,13)(H,11,15). The summed E-state index contributed by atoms with van der Waals surface area (Å²) in [6.45, 7) is 2.20. The maximum absolute atomic E-state index is 11.0. The number of nitrogens with zero attached hydrogens (tertiary/aromatic N) is 1. The van der Waals surface area contributed by atoms with Gasteiger partial charge in [0.1, 0.15) is 0 Å². The van der Waals surface area contributed by atoms with Crippen molar-refractivity contribution in [1.82, 2.24) is 15.5 Å². The summed E-state index contributed by atoms with van der Waals surface area (Å²) < 4.78 is 4.47. The van der Waals surface area contributed by atoms with E-state index in [1.54, 1.807) is 21.0 Å². The van der Waals surface area contributed by atoms with Crippen molar-refractivity contribution in [2.75, 3.05) is 33.8 Å². The van der Waals surface area contributed by atoms with Gasteiger partial charge in [-0.1, -0.05) is 0 Å². The van der Waals surface area contributed by atoms with Gasteiger partial charge in [-0.05, 0) is 6.92 Å². The minimum Gasteiger partial charge on any atom is -0.459 e. The zero-order valence-corrected chi connectivity index (χ0v) is 9.70. The lowest BCUT2D eigenvalue weighted by Gasteiger charge is -2.11. The van der Waals surface area contributed by atoms with Gasteiger partial charge in [0, 0.05) is 27.2 Å². The highest BCUT2D eigenvalue weighted by molar-refractivity contribution is 6.32. The number of carbonyl (C=O) groups is 3. The molecule has 0 atom stereocenters. The number of hydrogen-bond donors (Lipinski definition) is 2. The smallest absolute Gasteiger partial charge is 0.396 e. The molecule has 0 aliphatic heterocycles. The summed E-state index contributed by atoms with van der Waals surface area (Å²) >= 11 is 0. The molecule has 0 aliphatic carbocycles. The summed E-state index contributed by atoms with van der Waals surface area (Å²) in [5.74, 6) is -1.72. The number of amides is 3. The Morgan fingerprint density at radius 1 is 1.12 bits per heavy atom. The van der Waals surface area contributed by atoms with E-state index >= 15 is 0 Å². The van der Waals surface area contributed by atoms with Gasteiger partial charge in [0.2, 0.25) is 0 Å². The molecule has 2 N–H and O–H groups in total. The largest absolute Gasteiger partial charge is 0.459 e. The Kier molecular flexibility index (Phi) is 6.66. The molecule has 0 aliphatic rings. The van der Waals surface area contributed by atoms with Crippen molar-refractivity contribution >= 4 is 17.9 Å². The van der Waals surface area contributed by atoms with Crippen LogP contribution < -0.4 is 10.6 Å². The van der Waals surface area contributed by atoms with Crippen LogP contribution in [0.5, 0.6) is 0 Å². The molecular formula is C9H17N3O4. The monoisotopic (exact) mass is 231 g/mol. The maximum atomic E-state index is 11.0. The zero-order chi connectivity index (χ0) is 12.6. The van der Waals surface area contributed by atoms with Gasteiger partial charge in [-0.3, -0.25) is 4.79 Å². The van der Waals surface area contributed by atoms with Gasteiger partial charge >= 0.3 is 17.9 Å². The van der Waals surface area contributed by atoms with Crippen LogP contribution >= 0.6 is 0 Å². The fourth-order valence-corrected chi connectivity index (χ4v) is 0.772. The maximum Gasteiger partial charge on any atom is 0.396 e. The van der Waals surface area contributed by atoms with E-state index in [0.29, 0.717) is 0 Å². The summed E-state index contributed by atoms with van der Waals surface area (Å²) in [6.07, 6.45) is 0. The summed E-state index contributed by atoms with van der Waals surface area (Å²) in [4.78, 5) is 34.3. The molecule has 0 aromatic heterocycles. The normalized spacial score (nSPS) is 9.19. The Bertz CT molecular complexity index is 265. The molecule has 0 rings (SSSR count). The third kappa shape index (κ3) is 5.84. The first-order valence-corrected chi connectivity index (χ1v) is 4.89. The fourth-order valence-electron chi connectivity index (χ4n) is 0.772. The Morgan fingerprint density at radius 3 is 2.19 bits per heavy atom. The predicted molar refractivity (Wildman–Crippen MR) is 56.7 cm³/mol. The summed E-state index contributed by atoms with van der Waals surface area (Å²) in [5, 5.41) is 4.84. The highest BCUT2D eigenvalue weighted by atomic mass is 16.5. The minimum absolute atomic E-state index is 0.156. The molecule has 0 aromatic carbocycles. The van der Waals surface area contributed by atoms with E-state index < -0.39 is 11.9 Å². The Balaban J connectivity index is 3.63. The molecule has 0 fully saturated rings. The average molecular weight is 231 g/mol. The van der Waals surface area contributed by atoms with Crippen molar-refractivity contribution < 1.29 is 19.1 Å². The van der Waals surface area contributed by atoms with Crippen molar-refractivity contribution in [1.29, 1.82) is 0 Å². The molecule has 0 aromatic rings. The third-order valence-corrected chi connectivity index (χ3v) is 1.55. The van der Waals surface area contributed by atoms with Crippen molar-refractivity contribution in [3.63, 3.8) is 0 Å². The van der Waals surface area contributed by atoms with Crippen LogP contribution in [0, 0.1) is 0 Å². The van der Waals surface area contributed by atoms with Gasteiger partial charge in [-0.15, -0.1) is 0 Å². The van der Waals surface area contributed by atoms with E-state index in [0.717, 1.165) is 0 Å². The highest BCUT2D eigenvalue weighted by Gasteiger charge is 2.13. The number of hydrogen-bond acceptors (Lipinski definition) is 4. The van der Waals surface area contributed by atoms with Crippen molar-refractivity contribution in [2.24, 2.45) is 0 Å². The molecule has 0 radical (unpaired) electrons. The SMILES string of the molecule is CCOC(=O)C(=O)NCCNC(=O)N(C)C. The van der Waals surface area contributed by atoms with Gasteiger partial charge in [-0.2, -0.15) is 0 Å².